The number of hydrogen-bond acceptors (Lipinski definition) is 5. The first-order chi connectivity index (χ1) is 10.9. The molecular formula is C14H16F2N2O4S. The van der Waals surface area contributed by atoms with E-state index in [1.807, 2.05) is 4.90 Å². The minimum absolute atomic E-state index is 0.113. The largest absolute Gasteiger partial charge is 0.464 e. The Morgan fingerprint density at radius 3 is 2.43 bits per heavy atom. The number of nitrogens with zero attached hydrogens (tertiary/aromatic N) is 2. The van der Waals surface area contributed by atoms with Crippen molar-refractivity contribution in [1.82, 2.24) is 9.21 Å². The molecule has 1 aromatic carbocycles. The van der Waals surface area contributed by atoms with Crippen molar-refractivity contribution in [3.8, 4) is 0 Å². The quantitative estimate of drug-likeness (QED) is 0.750. The van der Waals surface area contributed by atoms with Gasteiger partial charge in [-0.25, -0.2) is 17.2 Å². The van der Waals surface area contributed by atoms with Crippen LogP contribution in [0.2, 0.25) is 0 Å². The van der Waals surface area contributed by atoms with Gasteiger partial charge >= 0.3 is 5.97 Å². The SMILES string of the molecule is O=C1OCC[C@H]1N1CCN(S(=O)(=O)c2cc(F)ccc2F)CC1. The third kappa shape index (κ3) is 3.08. The summed E-state index contributed by atoms with van der Waals surface area (Å²) in [4.78, 5) is 12.8. The number of sulfonamides is 1. The highest BCUT2D eigenvalue weighted by molar-refractivity contribution is 7.89. The second kappa shape index (κ2) is 6.14. The van der Waals surface area contributed by atoms with Gasteiger partial charge in [0.15, 0.2) is 0 Å². The summed E-state index contributed by atoms with van der Waals surface area (Å²) in [5.74, 6) is -2.08. The van der Waals surface area contributed by atoms with Crippen LogP contribution in [0.4, 0.5) is 8.78 Å². The van der Waals surface area contributed by atoms with Gasteiger partial charge in [-0.1, -0.05) is 0 Å². The summed E-state index contributed by atoms with van der Waals surface area (Å²) < 4.78 is 57.9. The van der Waals surface area contributed by atoms with Crippen LogP contribution in [0.25, 0.3) is 0 Å². The number of esters is 1. The van der Waals surface area contributed by atoms with Crippen molar-refractivity contribution >= 4 is 16.0 Å². The van der Waals surface area contributed by atoms with Crippen molar-refractivity contribution < 1.29 is 26.7 Å². The maximum Gasteiger partial charge on any atom is 0.323 e. The summed E-state index contributed by atoms with van der Waals surface area (Å²) >= 11 is 0. The molecule has 126 valence electrons. The molecule has 2 fully saturated rings. The van der Waals surface area contributed by atoms with Crippen molar-refractivity contribution in [1.29, 1.82) is 0 Å². The number of carbonyl (C=O) groups is 1. The van der Waals surface area contributed by atoms with Crippen LogP contribution in [0.5, 0.6) is 0 Å². The molecule has 2 heterocycles. The molecule has 0 aromatic heterocycles. The van der Waals surface area contributed by atoms with Crippen molar-refractivity contribution in [2.24, 2.45) is 0 Å². The second-order valence-electron chi connectivity index (χ2n) is 5.49. The van der Waals surface area contributed by atoms with E-state index in [9.17, 15) is 22.0 Å². The number of halogens is 2. The number of hydrogen-bond donors (Lipinski definition) is 0. The van der Waals surface area contributed by atoms with Gasteiger partial charge in [0, 0.05) is 32.6 Å². The molecule has 1 aromatic rings. The first kappa shape index (κ1) is 16.3. The van der Waals surface area contributed by atoms with Crippen molar-refractivity contribution in [3.63, 3.8) is 0 Å². The molecule has 2 aliphatic heterocycles. The Morgan fingerprint density at radius 2 is 1.83 bits per heavy atom. The van der Waals surface area contributed by atoms with Crippen molar-refractivity contribution in [2.75, 3.05) is 32.8 Å². The zero-order valence-corrected chi connectivity index (χ0v) is 13.1. The Labute approximate surface area is 132 Å². The van der Waals surface area contributed by atoms with E-state index in [1.54, 1.807) is 0 Å². The predicted octanol–water partition coefficient (Wildman–Crippen LogP) is 0.587. The molecule has 2 saturated heterocycles. The molecule has 1 atom stereocenters. The van der Waals surface area contributed by atoms with E-state index in [2.05, 4.69) is 0 Å². The normalized spacial score (nSPS) is 23.9. The first-order valence-corrected chi connectivity index (χ1v) is 8.69. The van der Waals surface area contributed by atoms with Gasteiger partial charge in [0.1, 0.15) is 22.6 Å². The molecule has 0 N–H and O–H groups in total. The van der Waals surface area contributed by atoms with Gasteiger partial charge in [0.25, 0.3) is 0 Å². The number of piperazine rings is 1. The third-order valence-corrected chi connectivity index (χ3v) is 6.05. The van der Waals surface area contributed by atoms with Gasteiger partial charge < -0.3 is 4.74 Å². The molecule has 2 aliphatic rings. The average Bonchev–Trinajstić information content (AvgIpc) is 2.96. The van der Waals surface area contributed by atoms with E-state index in [4.69, 9.17) is 4.74 Å². The second-order valence-corrected chi connectivity index (χ2v) is 7.39. The molecule has 0 aliphatic carbocycles. The minimum Gasteiger partial charge on any atom is -0.464 e. The number of carbonyl (C=O) groups excluding carboxylic acids is 1. The third-order valence-electron chi connectivity index (χ3n) is 4.13. The number of cyclic esters (lactones) is 1. The summed E-state index contributed by atoms with van der Waals surface area (Å²) in [6, 6.07) is 2.02. The molecule has 0 amide bonds. The zero-order valence-electron chi connectivity index (χ0n) is 12.2. The van der Waals surface area contributed by atoms with Crippen LogP contribution in [0.3, 0.4) is 0 Å². The molecule has 0 bridgehead atoms. The summed E-state index contributed by atoms with van der Waals surface area (Å²) in [7, 11) is -4.10. The van der Waals surface area contributed by atoms with Crippen LogP contribution in [0, 0.1) is 11.6 Å². The van der Waals surface area contributed by atoms with Gasteiger partial charge in [0.2, 0.25) is 10.0 Å². The smallest absolute Gasteiger partial charge is 0.323 e. The van der Waals surface area contributed by atoms with Gasteiger partial charge in [-0.05, 0) is 18.2 Å². The molecule has 0 spiro atoms. The van der Waals surface area contributed by atoms with Gasteiger partial charge in [-0.3, -0.25) is 9.69 Å². The Bertz CT molecular complexity index is 717. The summed E-state index contributed by atoms with van der Waals surface area (Å²) in [6.45, 7) is 1.28. The lowest BCUT2D eigenvalue weighted by Gasteiger charge is -2.35. The fourth-order valence-corrected chi connectivity index (χ4v) is 4.38. The van der Waals surface area contributed by atoms with E-state index >= 15 is 0 Å². The maximum atomic E-state index is 13.7. The fraction of sp³-hybridized carbons (Fsp3) is 0.500. The average molecular weight is 346 g/mol. The van der Waals surface area contributed by atoms with Gasteiger partial charge in [-0.15, -0.1) is 0 Å². The molecule has 0 unspecified atom stereocenters. The van der Waals surface area contributed by atoms with Crippen LogP contribution in [-0.2, 0) is 19.6 Å². The highest BCUT2D eigenvalue weighted by atomic mass is 32.2. The van der Waals surface area contributed by atoms with E-state index < -0.39 is 26.6 Å². The zero-order chi connectivity index (χ0) is 16.6. The summed E-state index contributed by atoms with van der Waals surface area (Å²) in [5.41, 5.74) is 0. The fourth-order valence-electron chi connectivity index (χ4n) is 2.89. The Balaban J connectivity index is 1.73. The molecule has 9 heteroatoms. The molecule has 6 nitrogen and oxygen atoms in total. The maximum absolute atomic E-state index is 13.7. The minimum atomic E-state index is -4.10. The van der Waals surface area contributed by atoms with Crippen molar-refractivity contribution in [3.05, 3.63) is 29.8 Å². The standard InChI is InChI=1S/C14H16F2N2O4S/c15-10-1-2-11(16)13(9-10)23(20,21)18-6-4-17(5-7-18)12-3-8-22-14(12)19/h1-2,9,12H,3-8H2/t12-/m1/s1. The van der Waals surface area contributed by atoms with Gasteiger partial charge in [-0.2, -0.15) is 4.31 Å². The molecule has 23 heavy (non-hydrogen) atoms. The van der Waals surface area contributed by atoms with Crippen LogP contribution >= 0.6 is 0 Å². The molecular weight excluding hydrogens is 330 g/mol. The van der Waals surface area contributed by atoms with E-state index in [0.717, 1.165) is 16.4 Å². The topological polar surface area (TPSA) is 66.9 Å². The molecule has 0 radical (unpaired) electrons. The van der Waals surface area contributed by atoms with Crippen LogP contribution < -0.4 is 0 Å². The lowest BCUT2D eigenvalue weighted by atomic mass is 10.2. The highest BCUT2D eigenvalue weighted by Crippen LogP contribution is 2.23. The van der Waals surface area contributed by atoms with E-state index in [-0.39, 0.29) is 25.1 Å². The van der Waals surface area contributed by atoms with E-state index in [1.165, 1.54) is 0 Å². The van der Waals surface area contributed by atoms with E-state index in [0.29, 0.717) is 32.2 Å². The van der Waals surface area contributed by atoms with Gasteiger partial charge in [0.05, 0.1) is 6.61 Å². The van der Waals surface area contributed by atoms with Crippen LogP contribution in [0.1, 0.15) is 6.42 Å². The molecule has 0 saturated carbocycles. The highest BCUT2D eigenvalue weighted by Gasteiger charge is 2.37. The lowest BCUT2D eigenvalue weighted by Crippen LogP contribution is -2.53. The van der Waals surface area contributed by atoms with Crippen LogP contribution in [-0.4, -0.2) is 62.4 Å². The summed E-state index contributed by atoms with van der Waals surface area (Å²) in [5, 5.41) is 0. The Kier molecular flexibility index (Phi) is 4.35. The Morgan fingerprint density at radius 1 is 1.13 bits per heavy atom. The predicted molar refractivity (Wildman–Crippen MR) is 76.1 cm³/mol. The molecule has 3 rings (SSSR count). The van der Waals surface area contributed by atoms with Crippen LogP contribution in [0.15, 0.2) is 23.1 Å². The van der Waals surface area contributed by atoms with Crippen molar-refractivity contribution in [2.45, 2.75) is 17.4 Å². The summed E-state index contributed by atoms with van der Waals surface area (Å²) in [6.07, 6.45) is 0.587. The lowest BCUT2D eigenvalue weighted by molar-refractivity contribution is -0.142. The monoisotopic (exact) mass is 346 g/mol. The Hall–Kier alpha value is -1.58. The number of benzene rings is 1. The first-order valence-electron chi connectivity index (χ1n) is 7.25. The number of ether oxygens (including phenoxy) is 1. The number of rotatable bonds is 3.